The fraction of sp³-hybridized carbons (Fsp3) is 0.824. The van der Waals surface area contributed by atoms with Crippen molar-refractivity contribution in [1.82, 2.24) is 15.0 Å². The molecule has 0 radical (unpaired) electrons. The van der Waals surface area contributed by atoms with Gasteiger partial charge in [-0.05, 0) is 19.3 Å². The van der Waals surface area contributed by atoms with Crippen LogP contribution in [-0.2, 0) is 20.7 Å². The van der Waals surface area contributed by atoms with E-state index in [4.69, 9.17) is 14.0 Å². The van der Waals surface area contributed by atoms with E-state index in [1.807, 2.05) is 4.90 Å². The van der Waals surface area contributed by atoms with Gasteiger partial charge in [-0.25, -0.2) is 0 Å². The Bertz CT molecular complexity index is 542. The Morgan fingerprint density at radius 1 is 1.33 bits per heavy atom. The van der Waals surface area contributed by atoms with Gasteiger partial charge >= 0.3 is 0 Å². The topological polar surface area (TPSA) is 77.7 Å². The van der Waals surface area contributed by atoms with Crippen LogP contribution in [0.4, 0.5) is 0 Å². The highest BCUT2D eigenvalue weighted by Crippen LogP contribution is 2.32. The molecule has 1 aliphatic heterocycles. The number of hydrogen-bond donors (Lipinski definition) is 0. The molecule has 2 atom stereocenters. The van der Waals surface area contributed by atoms with Crippen molar-refractivity contribution in [3.63, 3.8) is 0 Å². The number of aromatic nitrogens is 2. The van der Waals surface area contributed by atoms with Gasteiger partial charge in [0.2, 0.25) is 11.8 Å². The lowest BCUT2D eigenvalue weighted by molar-refractivity contribution is -0.133. The number of likely N-dealkylation sites (tertiary alicyclic amines) is 1. The Kier molecular flexibility index (Phi) is 5.84. The van der Waals surface area contributed by atoms with E-state index in [1.165, 1.54) is 12.8 Å². The average molecular weight is 337 g/mol. The van der Waals surface area contributed by atoms with Crippen LogP contribution in [0.5, 0.6) is 0 Å². The monoisotopic (exact) mass is 337 g/mol. The van der Waals surface area contributed by atoms with E-state index in [0.29, 0.717) is 37.8 Å². The van der Waals surface area contributed by atoms with Gasteiger partial charge in [-0.15, -0.1) is 0 Å². The second-order valence-corrected chi connectivity index (χ2v) is 6.78. The Morgan fingerprint density at radius 2 is 2.12 bits per heavy atom. The average Bonchev–Trinajstić information content (AvgIpc) is 3.32. The third kappa shape index (κ3) is 3.95. The van der Waals surface area contributed by atoms with Gasteiger partial charge in [0.1, 0.15) is 0 Å². The molecule has 1 amide bonds. The molecule has 3 rings (SSSR count). The molecule has 24 heavy (non-hydrogen) atoms. The minimum Gasteiger partial charge on any atom is -0.383 e. The maximum atomic E-state index is 12.6. The molecule has 2 fully saturated rings. The van der Waals surface area contributed by atoms with Crippen molar-refractivity contribution in [1.29, 1.82) is 0 Å². The molecule has 1 aromatic heterocycles. The van der Waals surface area contributed by atoms with Crippen molar-refractivity contribution in [3.05, 3.63) is 11.7 Å². The van der Waals surface area contributed by atoms with Crippen molar-refractivity contribution < 1.29 is 18.8 Å². The fourth-order valence-corrected chi connectivity index (χ4v) is 3.78. The second kappa shape index (κ2) is 8.07. The van der Waals surface area contributed by atoms with Crippen molar-refractivity contribution >= 4 is 5.91 Å². The van der Waals surface area contributed by atoms with Gasteiger partial charge in [0.25, 0.3) is 0 Å². The first-order valence-electron chi connectivity index (χ1n) is 8.85. The van der Waals surface area contributed by atoms with Crippen LogP contribution < -0.4 is 0 Å². The van der Waals surface area contributed by atoms with Crippen LogP contribution in [-0.4, -0.2) is 60.5 Å². The Morgan fingerprint density at radius 3 is 2.83 bits per heavy atom. The predicted molar refractivity (Wildman–Crippen MR) is 86.6 cm³/mol. The van der Waals surface area contributed by atoms with Gasteiger partial charge < -0.3 is 18.9 Å². The molecule has 134 valence electrons. The van der Waals surface area contributed by atoms with E-state index >= 15 is 0 Å². The van der Waals surface area contributed by atoms with Crippen LogP contribution in [0.15, 0.2) is 4.52 Å². The Labute approximate surface area is 142 Å². The first-order valence-corrected chi connectivity index (χ1v) is 8.85. The molecule has 7 heteroatoms. The molecule has 0 N–H and O–H groups in total. The first kappa shape index (κ1) is 17.4. The minimum absolute atomic E-state index is 0.0872. The maximum absolute atomic E-state index is 12.6. The number of amides is 1. The second-order valence-electron chi connectivity index (χ2n) is 6.78. The summed E-state index contributed by atoms with van der Waals surface area (Å²) in [6.07, 6.45) is 6.54. The molecular formula is C17H27N3O4. The molecule has 2 heterocycles. The summed E-state index contributed by atoms with van der Waals surface area (Å²) in [5.74, 6) is 1.91. The molecule has 7 nitrogen and oxygen atoms in total. The highest BCUT2D eigenvalue weighted by atomic mass is 16.5. The number of carbonyl (C=O) groups excluding carboxylic acids is 1. The van der Waals surface area contributed by atoms with E-state index in [9.17, 15) is 4.79 Å². The highest BCUT2D eigenvalue weighted by Gasteiger charge is 2.35. The maximum Gasteiger partial charge on any atom is 0.227 e. The van der Waals surface area contributed by atoms with E-state index in [2.05, 4.69) is 10.1 Å². The molecule has 2 aliphatic rings. The summed E-state index contributed by atoms with van der Waals surface area (Å²) >= 11 is 0. The van der Waals surface area contributed by atoms with Crippen LogP contribution in [0, 0.1) is 0 Å². The molecule has 0 spiro atoms. The lowest BCUT2D eigenvalue weighted by Gasteiger charge is -2.23. The van der Waals surface area contributed by atoms with E-state index in [-0.39, 0.29) is 18.1 Å². The lowest BCUT2D eigenvalue weighted by atomic mass is 10.1. The summed E-state index contributed by atoms with van der Waals surface area (Å²) in [6.45, 7) is 1.17. The van der Waals surface area contributed by atoms with Gasteiger partial charge in [-0.3, -0.25) is 4.79 Å². The molecule has 0 aromatic carbocycles. The number of rotatable bonds is 7. The van der Waals surface area contributed by atoms with Gasteiger partial charge in [0.15, 0.2) is 5.82 Å². The Hall–Kier alpha value is -1.47. The molecule has 0 bridgehead atoms. The van der Waals surface area contributed by atoms with Crippen LogP contribution >= 0.6 is 0 Å². The predicted octanol–water partition coefficient (Wildman–Crippen LogP) is 1.92. The van der Waals surface area contributed by atoms with Crippen molar-refractivity contribution in [2.24, 2.45) is 0 Å². The molecule has 0 unspecified atom stereocenters. The van der Waals surface area contributed by atoms with Gasteiger partial charge in [-0.1, -0.05) is 18.0 Å². The molecular weight excluding hydrogens is 310 g/mol. The van der Waals surface area contributed by atoms with E-state index < -0.39 is 0 Å². The normalized spacial score (nSPS) is 24.8. The number of ether oxygens (including phenoxy) is 2. The summed E-state index contributed by atoms with van der Waals surface area (Å²) in [5.41, 5.74) is 0. The Balaban J connectivity index is 1.52. The molecule has 1 saturated carbocycles. The summed E-state index contributed by atoms with van der Waals surface area (Å²) in [4.78, 5) is 18.9. The molecule has 1 saturated heterocycles. The van der Waals surface area contributed by atoms with Crippen LogP contribution in [0.2, 0.25) is 0 Å². The molecule has 1 aliphatic carbocycles. The summed E-state index contributed by atoms with van der Waals surface area (Å²) < 4.78 is 16.0. The van der Waals surface area contributed by atoms with Gasteiger partial charge in [-0.2, -0.15) is 4.98 Å². The summed E-state index contributed by atoms with van der Waals surface area (Å²) in [6, 6.07) is 0.0872. The zero-order valence-corrected chi connectivity index (χ0v) is 14.6. The van der Waals surface area contributed by atoms with Crippen molar-refractivity contribution in [2.45, 2.75) is 63.0 Å². The number of hydrogen-bond acceptors (Lipinski definition) is 6. The largest absolute Gasteiger partial charge is 0.383 e. The van der Waals surface area contributed by atoms with Crippen molar-refractivity contribution in [3.8, 4) is 0 Å². The fourth-order valence-electron chi connectivity index (χ4n) is 3.78. The minimum atomic E-state index is 0.0872. The summed E-state index contributed by atoms with van der Waals surface area (Å²) in [5, 5.41) is 4.09. The lowest BCUT2D eigenvalue weighted by Crippen LogP contribution is -2.38. The smallest absolute Gasteiger partial charge is 0.227 e. The van der Waals surface area contributed by atoms with Crippen molar-refractivity contribution in [2.75, 3.05) is 27.4 Å². The zero-order chi connectivity index (χ0) is 16.9. The van der Waals surface area contributed by atoms with E-state index in [0.717, 1.165) is 25.1 Å². The zero-order valence-electron chi connectivity index (χ0n) is 14.6. The number of carbonyl (C=O) groups is 1. The van der Waals surface area contributed by atoms with Crippen LogP contribution in [0.1, 0.15) is 56.2 Å². The number of methoxy groups -OCH3 is 2. The third-order valence-electron chi connectivity index (χ3n) is 5.15. The van der Waals surface area contributed by atoms with E-state index in [1.54, 1.807) is 14.2 Å². The quantitative estimate of drug-likeness (QED) is 0.756. The summed E-state index contributed by atoms with van der Waals surface area (Å²) in [7, 11) is 3.34. The van der Waals surface area contributed by atoms with Crippen LogP contribution in [0.25, 0.3) is 0 Å². The standard InChI is InChI=1S/C17H27N3O4/c1-22-11-13-9-14(23-2)10-20(13)16(21)8-7-15-18-17(19-24-15)12-5-3-4-6-12/h12-14H,3-11H2,1-2H3/t13-,14+/m0/s1. The number of aryl methyl sites for hydroxylation is 1. The van der Waals surface area contributed by atoms with Crippen LogP contribution in [0.3, 0.4) is 0 Å². The highest BCUT2D eigenvalue weighted by molar-refractivity contribution is 5.77. The van der Waals surface area contributed by atoms with Gasteiger partial charge in [0.05, 0.1) is 18.8 Å². The first-order chi connectivity index (χ1) is 11.7. The third-order valence-corrected chi connectivity index (χ3v) is 5.15. The SMILES string of the molecule is COC[C@@H]1C[C@@H](OC)CN1C(=O)CCc1nc(C2CCCC2)no1. The molecule has 1 aromatic rings. The number of nitrogens with zero attached hydrogens (tertiary/aromatic N) is 3. The van der Waals surface area contributed by atoms with Gasteiger partial charge in [0, 0.05) is 39.5 Å².